The second-order valence-electron chi connectivity index (χ2n) is 5.46. The summed E-state index contributed by atoms with van der Waals surface area (Å²) in [6.45, 7) is 0.403. The van der Waals surface area contributed by atoms with Crippen molar-refractivity contribution in [1.29, 1.82) is 0 Å². The van der Waals surface area contributed by atoms with Crippen LogP contribution in [0.3, 0.4) is 0 Å². The maximum Gasteiger partial charge on any atom is 0.341 e. The molecule has 0 aliphatic rings. The SMILES string of the molecule is CNS(=O)(=O)Cc1ccc(CNc2ccc(S(=O)(=O)C(F)F)cc2)cc1. The van der Waals surface area contributed by atoms with Gasteiger partial charge >= 0.3 is 5.76 Å². The lowest BCUT2D eigenvalue weighted by atomic mass is 10.1. The van der Waals surface area contributed by atoms with Gasteiger partial charge in [0.1, 0.15) is 0 Å². The molecule has 0 aromatic heterocycles. The van der Waals surface area contributed by atoms with Gasteiger partial charge in [-0.1, -0.05) is 24.3 Å². The van der Waals surface area contributed by atoms with Gasteiger partial charge in [-0.05, 0) is 42.4 Å². The quantitative estimate of drug-likeness (QED) is 0.705. The van der Waals surface area contributed by atoms with Crippen molar-refractivity contribution in [3.63, 3.8) is 0 Å². The Morgan fingerprint density at radius 2 is 1.42 bits per heavy atom. The molecule has 2 aromatic carbocycles. The predicted molar refractivity (Wildman–Crippen MR) is 95.1 cm³/mol. The molecule has 0 saturated carbocycles. The highest BCUT2D eigenvalue weighted by Crippen LogP contribution is 2.20. The number of sulfone groups is 1. The molecule has 2 rings (SSSR count). The zero-order valence-electron chi connectivity index (χ0n) is 13.8. The number of hydrogen-bond donors (Lipinski definition) is 2. The molecule has 0 radical (unpaired) electrons. The van der Waals surface area contributed by atoms with Crippen molar-refractivity contribution in [2.75, 3.05) is 12.4 Å². The summed E-state index contributed by atoms with van der Waals surface area (Å²) in [5.41, 5.74) is 2.09. The van der Waals surface area contributed by atoms with Gasteiger partial charge in [-0.15, -0.1) is 0 Å². The molecule has 0 amide bonds. The lowest BCUT2D eigenvalue weighted by Crippen LogP contribution is -2.20. The van der Waals surface area contributed by atoms with Crippen molar-refractivity contribution < 1.29 is 25.6 Å². The van der Waals surface area contributed by atoms with Crippen LogP contribution in [0.4, 0.5) is 14.5 Å². The van der Waals surface area contributed by atoms with E-state index in [1.807, 2.05) is 0 Å². The first-order valence-corrected chi connectivity index (χ1v) is 10.7. The number of hydrogen-bond acceptors (Lipinski definition) is 5. The van der Waals surface area contributed by atoms with Gasteiger partial charge in [0, 0.05) is 12.2 Å². The Bertz CT molecular complexity index is 943. The van der Waals surface area contributed by atoms with E-state index in [-0.39, 0.29) is 5.75 Å². The average molecular weight is 404 g/mol. The van der Waals surface area contributed by atoms with Crippen LogP contribution >= 0.6 is 0 Å². The van der Waals surface area contributed by atoms with E-state index < -0.39 is 30.5 Å². The zero-order chi connectivity index (χ0) is 19.4. The van der Waals surface area contributed by atoms with Gasteiger partial charge in [-0.25, -0.2) is 21.6 Å². The molecule has 0 spiro atoms. The van der Waals surface area contributed by atoms with Gasteiger partial charge in [0.05, 0.1) is 10.6 Å². The Morgan fingerprint density at radius 1 is 0.885 bits per heavy atom. The maximum atomic E-state index is 12.5. The maximum absolute atomic E-state index is 12.5. The monoisotopic (exact) mass is 404 g/mol. The van der Waals surface area contributed by atoms with Crippen LogP contribution in [0.1, 0.15) is 11.1 Å². The van der Waals surface area contributed by atoms with Gasteiger partial charge in [-0.3, -0.25) is 0 Å². The molecule has 26 heavy (non-hydrogen) atoms. The van der Waals surface area contributed by atoms with Crippen LogP contribution in [0.2, 0.25) is 0 Å². The number of sulfonamides is 1. The van der Waals surface area contributed by atoms with Crippen LogP contribution < -0.4 is 10.0 Å². The van der Waals surface area contributed by atoms with Gasteiger partial charge in [0.25, 0.3) is 0 Å². The van der Waals surface area contributed by atoms with E-state index in [1.165, 1.54) is 19.2 Å². The molecule has 0 fully saturated rings. The lowest BCUT2D eigenvalue weighted by molar-refractivity contribution is 0.234. The first kappa shape index (κ1) is 20.3. The second-order valence-corrected chi connectivity index (χ2v) is 9.31. The molecule has 2 N–H and O–H groups in total. The number of alkyl halides is 2. The van der Waals surface area contributed by atoms with E-state index >= 15 is 0 Å². The normalized spacial score (nSPS) is 12.3. The van der Waals surface area contributed by atoms with E-state index in [2.05, 4.69) is 10.0 Å². The lowest BCUT2D eigenvalue weighted by Gasteiger charge is -2.09. The minimum atomic E-state index is -4.60. The molecular weight excluding hydrogens is 386 g/mol. The Hall–Kier alpha value is -2.04. The minimum Gasteiger partial charge on any atom is -0.381 e. The van der Waals surface area contributed by atoms with Crippen molar-refractivity contribution >= 4 is 25.5 Å². The summed E-state index contributed by atoms with van der Waals surface area (Å²) >= 11 is 0. The minimum absolute atomic E-state index is 0.114. The molecule has 2 aromatic rings. The number of halogens is 2. The van der Waals surface area contributed by atoms with E-state index in [1.54, 1.807) is 24.3 Å². The number of nitrogens with one attached hydrogen (secondary N) is 2. The highest BCUT2D eigenvalue weighted by Gasteiger charge is 2.26. The van der Waals surface area contributed by atoms with Crippen molar-refractivity contribution in [2.45, 2.75) is 23.0 Å². The van der Waals surface area contributed by atoms with Crippen molar-refractivity contribution in [1.82, 2.24) is 4.72 Å². The fraction of sp³-hybridized carbons (Fsp3) is 0.250. The van der Waals surface area contributed by atoms with E-state index in [0.717, 1.165) is 17.7 Å². The summed E-state index contributed by atoms with van der Waals surface area (Å²) in [4.78, 5) is -0.437. The van der Waals surface area contributed by atoms with Crippen LogP contribution in [0.15, 0.2) is 53.4 Å². The second kappa shape index (κ2) is 8.11. The van der Waals surface area contributed by atoms with E-state index in [0.29, 0.717) is 17.8 Å². The first-order valence-electron chi connectivity index (χ1n) is 7.49. The van der Waals surface area contributed by atoms with Gasteiger partial charge < -0.3 is 5.32 Å². The Kier molecular flexibility index (Phi) is 6.32. The average Bonchev–Trinajstić information content (AvgIpc) is 2.61. The van der Waals surface area contributed by atoms with Crippen LogP contribution in [0, 0.1) is 0 Å². The molecule has 6 nitrogen and oxygen atoms in total. The summed E-state index contributed by atoms with van der Waals surface area (Å²) in [5.74, 6) is -3.57. The molecule has 0 heterocycles. The molecule has 142 valence electrons. The van der Waals surface area contributed by atoms with Crippen molar-refractivity contribution in [2.24, 2.45) is 0 Å². The third-order valence-corrected chi connectivity index (χ3v) is 6.34. The van der Waals surface area contributed by atoms with E-state index in [4.69, 9.17) is 0 Å². The van der Waals surface area contributed by atoms with E-state index in [9.17, 15) is 25.6 Å². The molecule has 10 heteroatoms. The summed E-state index contributed by atoms with van der Waals surface area (Å²) < 4.78 is 72.9. The smallest absolute Gasteiger partial charge is 0.341 e. The molecule has 0 aliphatic carbocycles. The summed E-state index contributed by atoms with van der Waals surface area (Å²) in [6, 6.07) is 12.0. The Labute approximate surface area is 151 Å². The summed E-state index contributed by atoms with van der Waals surface area (Å²) in [6.07, 6.45) is 0. The molecule has 0 unspecified atom stereocenters. The standard InChI is InChI=1S/C16H18F2N2O4S2/c1-19-25(21,22)11-13-4-2-12(3-5-13)10-20-14-6-8-15(9-7-14)26(23,24)16(17)18/h2-9,16,19-20H,10-11H2,1H3. The highest BCUT2D eigenvalue weighted by molar-refractivity contribution is 7.91. The van der Waals surface area contributed by atoms with Gasteiger partial charge in [0.2, 0.25) is 19.9 Å². The van der Waals surface area contributed by atoms with Gasteiger partial charge in [0.15, 0.2) is 0 Å². The van der Waals surface area contributed by atoms with Crippen molar-refractivity contribution in [3.05, 3.63) is 59.7 Å². The zero-order valence-corrected chi connectivity index (χ0v) is 15.4. The summed E-state index contributed by atoms with van der Waals surface area (Å²) in [5, 5.41) is 3.03. The van der Waals surface area contributed by atoms with Gasteiger partial charge in [-0.2, -0.15) is 8.78 Å². The molecular formula is C16H18F2N2O4S2. The fourth-order valence-corrected chi connectivity index (χ4v) is 3.61. The Balaban J connectivity index is 1.99. The first-order chi connectivity index (χ1) is 12.1. The van der Waals surface area contributed by atoms with Crippen molar-refractivity contribution in [3.8, 4) is 0 Å². The third kappa shape index (κ3) is 5.23. The highest BCUT2D eigenvalue weighted by atomic mass is 32.2. The molecule has 0 aliphatic heterocycles. The topological polar surface area (TPSA) is 92.3 Å². The number of benzene rings is 2. The van der Waals surface area contributed by atoms with Crippen LogP contribution in [0.5, 0.6) is 0 Å². The summed E-state index contributed by atoms with van der Waals surface area (Å²) in [7, 11) is -6.58. The largest absolute Gasteiger partial charge is 0.381 e. The fourth-order valence-electron chi connectivity index (χ4n) is 2.11. The number of anilines is 1. The van der Waals surface area contributed by atoms with Crippen LogP contribution in [0.25, 0.3) is 0 Å². The van der Waals surface area contributed by atoms with Crippen LogP contribution in [-0.4, -0.2) is 29.6 Å². The molecule has 0 atom stereocenters. The number of rotatable bonds is 8. The third-order valence-electron chi connectivity index (χ3n) is 3.60. The Morgan fingerprint density at radius 3 is 1.92 bits per heavy atom. The molecule has 0 bridgehead atoms. The predicted octanol–water partition coefficient (Wildman–Crippen LogP) is 2.34. The molecule has 0 saturated heterocycles. The van der Waals surface area contributed by atoms with Crippen LogP contribution in [-0.2, 0) is 32.2 Å².